The van der Waals surface area contributed by atoms with E-state index in [1.54, 1.807) is 30.5 Å². The van der Waals surface area contributed by atoms with Crippen molar-refractivity contribution in [2.45, 2.75) is 77.5 Å². The van der Waals surface area contributed by atoms with E-state index in [0.717, 1.165) is 0 Å². The van der Waals surface area contributed by atoms with E-state index in [0.29, 0.717) is 11.8 Å². The largest absolute Gasteiger partial charge is 1.00 e. The van der Waals surface area contributed by atoms with E-state index in [1.165, 1.54) is 0 Å². The minimum atomic E-state index is -2.33. The van der Waals surface area contributed by atoms with E-state index in [9.17, 15) is 0 Å². The van der Waals surface area contributed by atoms with Gasteiger partial charge in [-0.2, -0.15) is 0 Å². The van der Waals surface area contributed by atoms with Crippen molar-refractivity contribution in [1.82, 2.24) is 0 Å². The number of hydrogen-bond acceptors (Lipinski definition) is 0. The van der Waals surface area contributed by atoms with Crippen LogP contribution >= 0.6 is 0 Å². The van der Waals surface area contributed by atoms with Gasteiger partial charge in [0.15, 0.2) is 0 Å². The second kappa shape index (κ2) is 7.92. The quantitative estimate of drug-likeness (QED) is 0.556. The van der Waals surface area contributed by atoms with Crippen molar-refractivity contribution in [2.24, 2.45) is 22.7 Å². The average molecular weight is 489 g/mol. The number of halogens is 2. The molecule has 0 aromatic heterocycles. The first-order valence-corrected chi connectivity index (χ1v) is 16.1. The summed E-state index contributed by atoms with van der Waals surface area (Å²) < 4.78 is 7.01. The van der Waals surface area contributed by atoms with Crippen molar-refractivity contribution in [1.29, 1.82) is 0 Å². The molecule has 27 heavy (non-hydrogen) atoms. The third-order valence-corrected chi connectivity index (χ3v) is 19.6. The zero-order valence-corrected chi connectivity index (χ0v) is 22.9. The fourth-order valence-electron chi connectivity index (χ4n) is 5.91. The smallest absolute Gasteiger partial charge is 1.00 e. The molecule has 152 valence electrons. The maximum Gasteiger partial charge on any atom is -1.00 e. The summed E-state index contributed by atoms with van der Waals surface area (Å²) in [4.78, 5) is 0. The predicted molar refractivity (Wildman–Crippen MR) is 108 cm³/mol. The average Bonchev–Trinajstić information content (AvgIpc) is 3.04. The molecule has 0 bridgehead atoms. The Balaban J connectivity index is 0.00000182. The Bertz CT molecular complexity index is 671. The topological polar surface area (TPSA) is 0 Å². The zero-order valence-electron chi connectivity index (χ0n) is 19.0. The van der Waals surface area contributed by atoms with E-state index >= 15 is 0 Å². The Kier molecular flexibility index (Phi) is 7.47. The second-order valence-corrected chi connectivity index (χ2v) is 21.3. The normalized spacial score (nSPS) is 26.0. The molecule has 0 nitrogen and oxygen atoms in total. The van der Waals surface area contributed by atoms with Crippen LogP contribution in [0.1, 0.15) is 69.2 Å². The minimum Gasteiger partial charge on any atom is -1.00 e. The molecule has 1 heterocycles. The van der Waals surface area contributed by atoms with Gasteiger partial charge in [0, 0.05) is 0 Å². The fourth-order valence-corrected chi connectivity index (χ4v) is 22.4. The first kappa shape index (κ1) is 25.5. The fraction of sp³-hybridized carbons (Fsp3) is 0.667. The van der Waals surface area contributed by atoms with Crippen LogP contribution in [-0.4, -0.2) is 0 Å². The van der Waals surface area contributed by atoms with Crippen LogP contribution in [0, 0.1) is 22.7 Å². The van der Waals surface area contributed by atoms with Gasteiger partial charge in [0.05, 0.1) is 0 Å². The molecule has 0 amide bonds. The molecule has 0 aromatic carbocycles. The Morgan fingerprint density at radius 3 is 1.19 bits per heavy atom. The summed E-state index contributed by atoms with van der Waals surface area (Å²) in [7, 11) is 0. The van der Waals surface area contributed by atoms with E-state index in [-0.39, 0.29) is 35.6 Å². The predicted octanol–water partition coefficient (Wildman–Crippen LogP) is 1.79. The molecule has 2 aliphatic carbocycles. The van der Waals surface area contributed by atoms with Gasteiger partial charge in [0.2, 0.25) is 0 Å². The summed E-state index contributed by atoms with van der Waals surface area (Å²) in [5.74, 6) is 1.36. The van der Waals surface area contributed by atoms with E-state index in [2.05, 4.69) is 81.4 Å². The van der Waals surface area contributed by atoms with Crippen LogP contribution < -0.4 is 24.8 Å². The standard InChI is InChI=1S/2C11H17.C2H4.2ClH.Zr/c2*1-8-6-9(2)10(7-8)11(3,4)5;1-2;;;/h2*7-8H,1-5H3;1-2H2;2*1H;/q;;;;;+2/p-2. The van der Waals surface area contributed by atoms with Crippen molar-refractivity contribution < 1.29 is 45.1 Å². The molecule has 2 atom stereocenters. The Morgan fingerprint density at radius 1 is 0.704 bits per heavy atom. The van der Waals surface area contributed by atoms with Crippen molar-refractivity contribution in [3.63, 3.8) is 0 Å². The number of allylic oxidation sites excluding steroid dienone is 8. The maximum absolute atomic E-state index is 2.61. The first-order chi connectivity index (χ1) is 11.3. The summed E-state index contributed by atoms with van der Waals surface area (Å²) in [6, 6.07) is 0. The zero-order chi connectivity index (χ0) is 18.9. The molecule has 1 saturated heterocycles. The Labute approximate surface area is 185 Å². The number of rotatable bonds is 2. The first-order valence-electron chi connectivity index (χ1n) is 10.2. The SMILES string of the molecule is CC1=[C]([Zr+2]2([C]3=C(C)C(C(C)(C)C)=CC3C)[CH2][CH2]2)C(C)C=C1C(C)(C)C.[Cl-].[Cl-]. The van der Waals surface area contributed by atoms with Gasteiger partial charge in [-0.3, -0.25) is 0 Å². The molecular formula is C24H38Cl2Zr. The molecular weight excluding hydrogens is 450 g/mol. The molecule has 0 saturated carbocycles. The van der Waals surface area contributed by atoms with Crippen LogP contribution in [0.3, 0.4) is 0 Å². The van der Waals surface area contributed by atoms with Crippen molar-refractivity contribution in [3.8, 4) is 0 Å². The Hall–Kier alpha value is 0.423. The molecule has 0 radical (unpaired) electrons. The third kappa shape index (κ3) is 4.18. The van der Waals surface area contributed by atoms with Gasteiger partial charge >= 0.3 is 161 Å². The van der Waals surface area contributed by atoms with Crippen molar-refractivity contribution >= 4 is 0 Å². The van der Waals surface area contributed by atoms with Crippen LogP contribution in [0.5, 0.6) is 0 Å². The van der Waals surface area contributed by atoms with E-state index in [4.69, 9.17) is 0 Å². The van der Waals surface area contributed by atoms with Gasteiger partial charge in [-0.1, -0.05) is 0 Å². The van der Waals surface area contributed by atoms with Crippen LogP contribution in [0.4, 0.5) is 0 Å². The maximum atomic E-state index is 2.61. The van der Waals surface area contributed by atoms with Crippen LogP contribution in [0.25, 0.3) is 0 Å². The molecule has 0 N–H and O–H groups in total. The van der Waals surface area contributed by atoms with Crippen LogP contribution in [0.2, 0.25) is 8.26 Å². The monoisotopic (exact) mass is 486 g/mol. The van der Waals surface area contributed by atoms with Gasteiger partial charge in [0.1, 0.15) is 0 Å². The summed E-state index contributed by atoms with van der Waals surface area (Å²) in [6.45, 7) is 24.1. The number of hydrogen-bond donors (Lipinski definition) is 0. The van der Waals surface area contributed by atoms with Crippen LogP contribution in [0.15, 0.2) is 41.0 Å². The minimum absolute atomic E-state index is 0. The molecule has 1 aliphatic heterocycles. The van der Waals surface area contributed by atoms with Gasteiger partial charge in [0.25, 0.3) is 0 Å². The third-order valence-electron chi connectivity index (χ3n) is 6.76. The van der Waals surface area contributed by atoms with Gasteiger partial charge in [-0.25, -0.2) is 0 Å². The summed E-state index contributed by atoms with van der Waals surface area (Å²) in [5.41, 5.74) is 7.19. The van der Waals surface area contributed by atoms with Gasteiger partial charge < -0.3 is 24.8 Å². The Morgan fingerprint density at radius 2 is 1.00 bits per heavy atom. The van der Waals surface area contributed by atoms with Crippen molar-refractivity contribution in [2.75, 3.05) is 0 Å². The molecule has 0 aromatic rings. The molecule has 1 fully saturated rings. The van der Waals surface area contributed by atoms with Gasteiger partial charge in [-0.15, -0.1) is 0 Å². The summed E-state index contributed by atoms with van der Waals surface area (Å²) >= 11 is -2.33. The summed E-state index contributed by atoms with van der Waals surface area (Å²) in [6.07, 6.45) is 5.21. The molecule has 2 unspecified atom stereocenters. The molecule has 3 aliphatic rings. The van der Waals surface area contributed by atoms with E-state index < -0.39 is 20.3 Å². The molecule has 3 heteroatoms. The van der Waals surface area contributed by atoms with E-state index in [1.807, 2.05) is 6.56 Å². The summed E-state index contributed by atoms with van der Waals surface area (Å²) in [5, 5.41) is 0. The second-order valence-electron chi connectivity index (χ2n) is 10.9. The van der Waals surface area contributed by atoms with Crippen LogP contribution in [-0.2, 0) is 20.3 Å². The molecule has 3 rings (SSSR count). The van der Waals surface area contributed by atoms with Crippen molar-refractivity contribution in [3.05, 3.63) is 41.0 Å². The van der Waals surface area contributed by atoms with Gasteiger partial charge in [-0.05, 0) is 0 Å². The molecule has 0 spiro atoms.